The van der Waals surface area contributed by atoms with Gasteiger partial charge in [0.15, 0.2) is 0 Å². The topological polar surface area (TPSA) is 171 Å². The summed E-state index contributed by atoms with van der Waals surface area (Å²) in [5, 5.41) is 8.19. The molecule has 5 atom stereocenters. The summed E-state index contributed by atoms with van der Waals surface area (Å²) in [6, 6.07) is -3.92. The molecule has 0 aromatic heterocycles. The minimum Gasteiger partial charge on any atom is -0.346 e. The van der Waals surface area contributed by atoms with Crippen molar-refractivity contribution in [2.24, 2.45) is 23.7 Å². The lowest BCUT2D eigenvalue weighted by Gasteiger charge is -2.36. The van der Waals surface area contributed by atoms with Crippen molar-refractivity contribution < 1.29 is 32.4 Å². The highest BCUT2D eigenvalue weighted by Crippen LogP contribution is 2.34. The maximum absolute atomic E-state index is 14.5. The Hall–Kier alpha value is -2.80. The highest BCUT2D eigenvalue weighted by atomic mass is 32.2. The minimum atomic E-state index is -3.70. The molecule has 4 N–H and O–H groups in total. The van der Waals surface area contributed by atoms with Crippen LogP contribution >= 0.6 is 0 Å². The van der Waals surface area contributed by atoms with Gasteiger partial charge in [0.1, 0.15) is 18.1 Å². The number of rotatable bonds is 18. The number of likely N-dealkylation sites (tertiary alicyclic amines) is 1. The molecule has 0 bridgehead atoms. The van der Waals surface area contributed by atoms with E-state index < -0.39 is 57.7 Å². The summed E-state index contributed by atoms with van der Waals surface area (Å²) in [6.45, 7) is 13.7. The maximum Gasteiger partial charge on any atom is 0.289 e. The molecule has 262 valence electrons. The van der Waals surface area contributed by atoms with Gasteiger partial charge in [0.25, 0.3) is 5.91 Å². The third-order valence-corrected chi connectivity index (χ3v) is 9.47. The van der Waals surface area contributed by atoms with Gasteiger partial charge >= 0.3 is 0 Å². The fourth-order valence-corrected chi connectivity index (χ4v) is 7.48. The largest absolute Gasteiger partial charge is 0.346 e. The highest BCUT2D eigenvalue weighted by Gasteiger charge is 2.46. The maximum atomic E-state index is 14.5. The standard InChI is InChI=1S/C33H57N5O7S/c1-8-13-25(29(39)32(42)34-17-9-2)35-31(41)28-24(19-21(3)4)16-18-38(28)33(43)27(23-14-11-10-12-15-23)36-30(40)26(20-22(5)6)37-46(7,44)45/h9,21-28,37H,2,8,10-20H2,1,3-7H3,(H,34,42)(H,35,41)(H,36,40)/t24-,25+,26+,27+,28+/m1/s1. The molecule has 12 nitrogen and oxygen atoms in total. The number of ketones is 1. The van der Waals surface area contributed by atoms with Crippen molar-refractivity contribution in [2.75, 3.05) is 19.3 Å². The van der Waals surface area contributed by atoms with Gasteiger partial charge in [-0.3, -0.25) is 24.0 Å². The second-order valence-corrected chi connectivity index (χ2v) is 15.6. The number of sulfonamides is 1. The smallest absolute Gasteiger partial charge is 0.289 e. The summed E-state index contributed by atoms with van der Waals surface area (Å²) in [7, 11) is -3.70. The summed E-state index contributed by atoms with van der Waals surface area (Å²) in [6.07, 6.45) is 9.02. The van der Waals surface area contributed by atoms with E-state index in [9.17, 15) is 32.4 Å². The van der Waals surface area contributed by atoms with Gasteiger partial charge in [-0.05, 0) is 62.2 Å². The van der Waals surface area contributed by atoms with Gasteiger partial charge in [-0.1, -0.05) is 66.4 Å². The molecule has 0 radical (unpaired) electrons. The van der Waals surface area contributed by atoms with Gasteiger partial charge in [0, 0.05) is 13.1 Å². The third-order valence-electron chi connectivity index (χ3n) is 8.76. The zero-order valence-corrected chi connectivity index (χ0v) is 29.4. The fraction of sp³-hybridized carbons (Fsp3) is 0.788. The number of hydrogen-bond acceptors (Lipinski definition) is 7. The zero-order chi connectivity index (χ0) is 34.6. The Labute approximate surface area is 275 Å². The molecule has 2 aliphatic rings. The van der Waals surface area contributed by atoms with Crippen LogP contribution in [-0.2, 0) is 34.0 Å². The lowest BCUT2D eigenvalue weighted by atomic mass is 9.82. The molecule has 2 fully saturated rings. The Kier molecular flexibility index (Phi) is 15.9. The molecule has 4 amide bonds. The van der Waals surface area contributed by atoms with Gasteiger partial charge in [-0.2, -0.15) is 0 Å². The first-order valence-corrected chi connectivity index (χ1v) is 18.8. The van der Waals surface area contributed by atoms with Crippen LogP contribution in [0.4, 0.5) is 0 Å². The summed E-state index contributed by atoms with van der Waals surface area (Å²) < 4.78 is 26.7. The average Bonchev–Trinajstić information content (AvgIpc) is 3.39. The van der Waals surface area contributed by atoms with E-state index in [1.54, 1.807) is 0 Å². The Morgan fingerprint density at radius 1 is 0.935 bits per heavy atom. The van der Waals surface area contributed by atoms with Crippen molar-refractivity contribution in [1.82, 2.24) is 25.6 Å². The fourth-order valence-electron chi connectivity index (χ4n) is 6.76. The van der Waals surface area contributed by atoms with Gasteiger partial charge in [0.2, 0.25) is 33.5 Å². The second-order valence-electron chi connectivity index (χ2n) is 13.8. The molecule has 0 aromatic carbocycles. The van der Waals surface area contributed by atoms with Gasteiger partial charge in [0.05, 0.1) is 12.3 Å². The van der Waals surface area contributed by atoms with Crippen molar-refractivity contribution in [3.63, 3.8) is 0 Å². The van der Waals surface area contributed by atoms with E-state index >= 15 is 0 Å². The molecule has 46 heavy (non-hydrogen) atoms. The van der Waals surface area contributed by atoms with Gasteiger partial charge < -0.3 is 20.9 Å². The van der Waals surface area contributed by atoms with E-state index in [4.69, 9.17) is 0 Å². The molecule has 1 aliphatic heterocycles. The number of amides is 4. The summed E-state index contributed by atoms with van der Waals surface area (Å²) in [5.74, 6) is -3.11. The van der Waals surface area contributed by atoms with Crippen LogP contribution in [-0.4, -0.2) is 86.2 Å². The van der Waals surface area contributed by atoms with Gasteiger partial charge in [-0.25, -0.2) is 13.1 Å². The van der Waals surface area contributed by atoms with Crippen molar-refractivity contribution in [1.29, 1.82) is 0 Å². The number of hydrogen-bond donors (Lipinski definition) is 4. The van der Waals surface area contributed by atoms with Crippen LogP contribution in [0.3, 0.4) is 0 Å². The first-order valence-electron chi connectivity index (χ1n) is 16.9. The Morgan fingerprint density at radius 2 is 1.59 bits per heavy atom. The van der Waals surface area contributed by atoms with Crippen molar-refractivity contribution >= 4 is 39.4 Å². The molecule has 0 aromatic rings. The molecule has 1 aliphatic carbocycles. The van der Waals surface area contributed by atoms with E-state index in [-0.39, 0.29) is 49.0 Å². The van der Waals surface area contributed by atoms with E-state index in [1.807, 2.05) is 34.6 Å². The monoisotopic (exact) mass is 667 g/mol. The molecule has 0 spiro atoms. The molecule has 1 heterocycles. The minimum absolute atomic E-state index is 0.00918. The zero-order valence-electron chi connectivity index (χ0n) is 28.6. The molecular formula is C33H57N5O7S. The van der Waals surface area contributed by atoms with Crippen LogP contribution in [0.15, 0.2) is 12.7 Å². The SMILES string of the molecule is C=CCNC(=O)C(=O)[C@H](CCC)NC(=O)[C@@H]1[C@@H](CC(C)C)CCN1C(=O)[C@@H](NC(=O)[C@H](CC(C)C)NS(C)(=O)=O)C1CCCCC1. The molecule has 1 saturated heterocycles. The van der Waals surface area contributed by atoms with E-state index in [1.165, 1.54) is 11.0 Å². The van der Waals surface area contributed by atoms with E-state index in [2.05, 4.69) is 27.3 Å². The number of nitrogens with one attached hydrogen (secondary N) is 4. The lowest BCUT2D eigenvalue weighted by molar-refractivity contribution is -0.145. The first kappa shape index (κ1) is 39.4. The van der Waals surface area contributed by atoms with E-state index in [0.717, 1.165) is 38.4 Å². The van der Waals surface area contributed by atoms with Crippen molar-refractivity contribution in [2.45, 2.75) is 123 Å². The second kappa shape index (κ2) is 18.5. The molecule has 0 unspecified atom stereocenters. The predicted octanol–water partition coefficient (Wildman–Crippen LogP) is 2.43. The van der Waals surface area contributed by atoms with Crippen LogP contribution in [0.2, 0.25) is 0 Å². The third kappa shape index (κ3) is 12.1. The van der Waals surface area contributed by atoms with Crippen LogP contribution in [0.25, 0.3) is 0 Å². The van der Waals surface area contributed by atoms with Crippen LogP contribution < -0.4 is 20.7 Å². The Bertz CT molecular complexity index is 1180. The van der Waals surface area contributed by atoms with Gasteiger partial charge in [-0.15, -0.1) is 6.58 Å². The lowest BCUT2D eigenvalue weighted by Crippen LogP contribution is -2.60. The number of nitrogens with zero attached hydrogens (tertiary/aromatic N) is 1. The number of carbonyl (C=O) groups is 5. The van der Waals surface area contributed by atoms with Crippen molar-refractivity contribution in [3.05, 3.63) is 12.7 Å². The average molecular weight is 668 g/mol. The van der Waals surface area contributed by atoms with Crippen LogP contribution in [0.5, 0.6) is 0 Å². The van der Waals surface area contributed by atoms with E-state index in [0.29, 0.717) is 25.8 Å². The normalized spacial score (nSPS) is 21.0. The summed E-state index contributed by atoms with van der Waals surface area (Å²) in [4.78, 5) is 69.1. The number of carbonyl (C=O) groups excluding carboxylic acids is 5. The first-order chi connectivity index (χ1) is 21.6. The van der Waals surface area contributed by atoms with Crippen molar-refractivity contribution in [3.8, 4) is 0 Å². The Morgan fingerprint density at radius 3 is 2.13 bits per heavy atom. The molecule has 13 heteroatoms. The quantitative estimate of drug-likeness (QED) is 0.128. The molecular weight excluding hydrogens is 610 g/mol. The van der Waals surface area contributed by atoms with Crippen LogP contribution in [0.1, 0.15) is 98.8 Å². The summed E-state index contributed by atoms with van der Waals surface area (Å²) >= 11 is 0. The van der Waals surface area contributed by atoms with Crippen LogP contribution in [0, 0.1) is 23.7 Å². The summed E-state index contributed by atoms with van der Waals surface area (Å²) in [5.41, 5.74) is 0. The Balaban J connectivity index is 2.43. The molecule has 2 rings (SSSR count). The molecule has 1 saturated carbocycles. The number of Topliss-reactive ketones (excluding diaryl/α,β-unsaturated/α-hetero) is 1. The predicted molar refractivity (Wildman–Crippen MR) is 178 cm³/mol. The highest BCUT2D eigenvalue weighted by molar-refractivity contribution is 7.88.